The highest BCUT2D eigenvalue weighted by Gasteiger charge is 2.32. The van der Waals surface area contributed by atoms with Crippen molar-refractivity contribution in [2.24, 2.45) is 11.8 Å². The second-order valence-corrected chi connectivity index (χ2v) is 10.4. The average molecular weight is 425 g/mol. The molecule has 0 saturated heterocycles. The third-order valence-corrected chi connectivity index (χ3v) is 6.75. The minimum atomic E-state index is -0.228. The summed E-state index contributed by atoms with van der Waals surface area (Å²) in [6.45, 7) is 8.26. The number of carbonyl (C=O) groups is 2. The summed E-state index contributed by atoms with van der Waals surface area (Å²) in [4.78, 5) is 33.0. The van der Waals surface area contributed by atoms with Crippen molar-refractivity contribution in [2.75, 3.05) is 20.1 Å². The molecule has 2 aromatic rings. The number of amides is 3. The number of urea groups is 1. The maximum absolute atomic E-state index is 13.3. The Morgan fingerprint density at radius 1 is 1.16 bits per heavy atom. The number of fused-ring (bicyclic) bond motifs is 3. The lowest BCUT2D eigenvalue weighted by Gasteiger charge is -2.35. The van der Waals surface area contributed by atoms with Gasteiger partial charge in [0.05, 0.1) is 0 Å². The number of para-hydroxylation sites is 1. The fraction of sp³-hybridized carbons (Fsp3) is 0.600. The molecule has 0 atom stereocenters. The van der Waals surface area contributed by atoms with Crippen LogP contribution in [0.1, 0.15) is 57.7 Å². The first-order valence-corrected chi connectivity index (χ1v) is 11.6. The summed E-state index contributed by atoms with van der Waals surface area (Å²) in [5.74, 6) is 0.909. The molecule has 168 valence electrons. The highest BCUT2D eigenvalue weighted by Crippen LogP contribution is 2.33. The van der Waals surface area contributed by atoms with Crippen molar-refractivity contribution in [3.05, 3.63) is 35.5 Å². The molecule has 2 N–H and O–H groups in total. The molecule has 31 heavy (non-hydrogen) atoms. The van der Waals surface area contributed by atoms with E-state index in [9.17, 15) is 9.59 Å². The molecule has 0 radical (unpaired) electrons. The number of benzene rings is 1. The second-order valence-electron chi connectivity index (χ2n) is 10.4. The lowest BCUT2D eigenvalue weighted by Crippen LogP contribution is -2.48. The van der Waals surface area contributed by atoms with Crippen molar-refractivity contribution in [3.63, 3.8) is 0 Å². The number of aromatic amines is 1. The Kier molecular flexibility index (Phi) is 6.00. The fourth-order valence-corrected chi connectivity index (χ4v) is 5.09. The number of hydrogen-bond donors (Lipinski definition) is 2. The Labute approximate surface area is 185 Å². The van der Waals surface area contributed by atoms with Crippen LogP contribution in [0, 0.1) is 11.8 Å². The fourth-order valence-electron chi connectivity index (χ4n) is 5.09. The van der Waals surface area contributed by atoms with Crippen molar-refractivity contribution in [1.29, 1.82) is 0 Å². The van der Waals surface area contributed by atoms with Crippen LogP contribution in [-0.2, 0) is 17.8 Å². The maximum atomic E-state index is 13.3. The van der Waals surface area contributed by atoms with E-state index in [4.69, 9.17) is 0 Å². The standard InChI is InChI=1S/C25H36N4O2/c1-25(2,3)27-24(31)28(4)15-17-9-11-18(12-10-17)23(30)29-14-13-22-20(16-29)19-7-5-6-8-21(19)26-22/h5-8,17-18,26H,9-16H2,1-4H3,(H,27,31). The van der Waals surface area contributed by atoms with Crippen molar-refractivity contribution in [1.82, 2.24) is 20.1 Å². The van der Waals surface area contributed by atoms with E-state index >= 15 is 0 Å². The number of H-pyrrole nitrogens is 1. The monoisotopic (exact) mass is 424 g/mol. The number of rotatable bonds is 3. The zero-order valence-corrected chi connectivity index (χ0v) is 19.3. The lowest BCUT2D eigenvalue weighted by molar-refractivity contribution is -0.137. The predicted octanol–water partition coefficient (Wildman–Crippen LogP) is 4.30. The van der Waals surface area contributed by atoms with E-state index in [1.165, 1.54) is 22.2 Å². The Hall–Kier alpha value is -2.50. The Bertz CT molecular complexity index is 950. The molecule has 6 heteroatoms. The van der Waals surface area contributed by atoms with E-state index < -0.39 is 0 Å². The van der Waals surface area contributed by atoms with Crippen molar-refractivity contribution in [2.45, 2.75) is 65.0 Å². The highest BCUT2D eigenvalue weighted by molar-refractivity contribution is 5.86. The smallest absolute Gasteiger partial charge is 0.317 e. The molecule has 1 fully saturated rings. The van der Waals surface area contributed by atoms with Crippen molar-refractivity contribution < 1.29 is 9.59 Å². The summed E-state index contributed by atoms with van der Waals surface area (Å²) in [5.41, 5.74) is 3.51. The first kappa shape index (κ1) is 21.7. The van der Waals surface area contributed by atoms with Crippen LogP contribution in [0.25, 0.3) is 10.9 Å². The van der Waals surface area contributed by atoms with Gasteiger partial charge in [-0.1, -0.05) is 18.2 Å². The predicted molar refractivity (Wildman–Crippen MR) is 124 cm³/mol. The molecule has 2 heterocycles. The van der Waals surface area contributed by atoms with Gasteiger partial charge in [-0.2, -0.15) is 0 Å². The summed E-state index contributed by atoms with van der Waals surface area (Å²) in [6.07, 6.45) is 4.77. The molecule has 1 saturated carbocycles. The molecular formula is C25H36N4O2. The normalized spacial score (nSPS) is 21.6. The molecule has 1 aromatic carbocycles. The van der Waals surface area contributed by atoms with Crippen LogP contribution in [-0.4, -0.2) is 52.4 Å². The maximum Gasteiger partial charge on any atom is 0.317 e. The van der Waals surface area contributed by atoms with Gasteiger partial charge in [0.1, 0.15) is 0 Å². The topological polar surface area (TPSA) is 68.4 Å². The molecule has 1 aliphatic heterocycles. The van der Waals surface area contributed by atoms with Crippen molar-refractivity contribution in [3.8, 4) is 0 Å². The van der Waals surface area contributed by atoms with Gasteiger partial charge in [-0.15, -0.1) is 0 Å². The Morgan fingerprint density at radius 2 is 1.87 bits per heavy atom. The van der Waals surface area contributed by atoms with Gasteiger partial charge in [0.2, 0.25) is 5.91 Å². The van der Waals surface area contributed by atoms with Crippen LogP contribution in [0.3, 0.4) is 0 Å². The third kappa shape index (κ3) is 4.89. The van der Waals surface area contributed by atoms with Gasteiger partial charge in [0, 0.05) is 66.7 Å². The molecule has 0 bridgehead atoms. The van der Waals surface area contributed by atoms with E-state index in [1.807, 2.05) is 27.8 Å². The van der Waals surface area contributed by atoms with Crippen molar-refractivity contribution >= 4 is 22.8 Å². The van der Waals surface area contributed by atoms with Crippen LogP contribution in [0.2, 0.25) is 0 Å². The molecule has 1 aromatic heterocycles. The van der Waals surface area contributed by atoms with E-state index in [0.717, 1.165) is 45.2 Å². The van der Waals surface area contributed by atoms with Gasteiger partial charge in [-0.25, -0.2) is 4.79 Å². The number of nitrogens with one attached hydrogen (secondary N) is 2. The van der Waals surface area contributed by atoms with Crippen LogP contribution in [0.4, 0.5) is 4.79 Å². The highest BCUT2D eigenvalue weighted by atomic mass is 16.2. The van der Waals surface area contributed by atoms with Gasteiger partial charge in [-0.3, -0.25) is 4.79 Å². The first-order chi connectivity index (χ1) is 14.7. The summed E-state index contributed by atoms with van der Waals surface area (Å²) >= 11 is 0. The first-order valence-electron chi connectivity index (χ1n) is 11.6. The van der Waals surface area contributed by atoms with E-state index in [1.54, 1.807) is 4.90 Å². The zero-order chi connectivity index (χ0) is 22.2. The minimum Gasteiger partial charge on any atom is -0.358 e. The average Bonchev–Trinajstić information content (AvgIpc) is 3.10. The van der Waals surface area contributed by atoms with Crippen LogP contribution >= 0.6 is 0 Å². The zero-order valence-electron chi connectivity index (χ0n) is 19.3. The molecule has 4 rings (SSSR count). The van der Waals surface area contributed by atoms with Gasteiger partial charge in [0.15, 0.2) is 0 Å². The summed E-state index contributed by atoms with van der Waals surface area (Å²) in [5, 5.41) is 4.27. The molecule has 0 spiro atoms. The van der Waals surface area contributed by atoms with Gasteiger partial charge >= 0.3 is 6.03 Å². The second kappa shape index (κ2) is 8.56. The van der Waals surface area contributed by atoms with E-state index in [-0.39, 0.29) is 17.5 Å². The number of aromatic nitrogens is 1. The Balaban J connectivity index is 1.30. The molecule has 1 aliphatic carbocycles. The molecule has 3 amide bonds. The quantitative estimate of drug-likeness (QED) is 0.771. The summed E-state index contributed by atoms with van der Waals surface area (Å²) in [7, 11) is 1.87. The SMILES string of the molecule is CN(CC1CCC(C(=O)N2CCc3[nH]c4ccccc4c3C2)CC1)C(=O)NC(C)(C)C. The minimum absolute atomic E-state index is 0.0199. The molecule has 2 aliphatic rings. The summed E-state index contributed by atoms with van der Waals surface area (Å²) in [6, 6.07) is 8.36. The van der Waals surface area contributed by atoms with Crippen LogP contribution < -0.4 is 5.32 Å². The van der Waals surface area contributed by atoms with Gasteiger partial charge in [-0.05, 0) is 58.4 Å². The molecular weight excluding hydrogens is 388 g/mol. The lowest BCUT2D eigenvalue weighted by atomic mass is 9.81. The molecule has 0 unspecified atom stereocenters. The summed E-state index contributed by atoms with van der Waals surface area (Å²) < 4.78 is 0. The number of carbonyl (C=O) groups excluding carboxylic acids is 2. The molecule has 6 nitrogen and oxygen atoms in total. The van der Waals surface area contributed by atoms with Crippen LogP contribution in [0.15, 0.2) is 24.3 Å². The van der Waals surface area contributed by atoms with Gasteiger partial charge < -0.3 is 20.1 Å². The van der Waals surface area contributed by atoms with Crippen LogP contribution in [0.5, 0.6) is 0 Å². The Morgan fingerprint density at radius 3 is 2.58 bits per heavy atom. The third-order valence-electron chi connectivity index (χ3n) is 6.75. The number of nitrogens with zero attached hydrogens (tertiary/aromatic N) is 2. The van der Waals surface area contributed by atoms with Gasteiger partial charge in [0.25, 0.3) is 0 Å². The van der Waals surface area contributed by atoms with E-state index in [2.05, 4.69) is 39.5 Å². The number of hydrogen-bond acceptors (Lipinski definition) is 2. The largest absolute Gasteiger partial charge is 0.358 e. The van der Waals surface area contributed by atoms with E-state index in [0.29, 0.717) is 18.4 Å².